The van der Waals surface area contributed by atoms with Gasteiger partial charge in [0.15, 0.2) is 0 Å². The number of Topliss-reactive ketones (excluding diaryl/α,β-unsaturated/α-hetero) is 1. The molecule has 0 aromatic heterocycles. The molecule has 42 heavy (non-hydrogen) atoms. The van der Waals surface area contributed by atoms with Crippen LogP contribution in [0.1, 0.15) is 53.4 Å². The minimum absolute atomic E-state index is 0.186. The third-order valence-electron chi connectivity index (χ3n) is 7.06. The highest BCUT2D eigenvalue weighted by atomic mass is 31.2. The number of ether oxygens (including phenoxy) is 2. The van der Waals surface area contributed by atoms with Crippen LogP contribution in [-0.4, -0.2) is 36.7 Å². The van der Waals surface area contributed by atoms with E-state index >= 15 is 0 Å². The van der Waals surface area contributed by atoms with Crippen LogP contribution in [0.15, 0.2) is 103 Å². The summed E-state index contributed by atoms with van der Waals surface area (Å²) < 4.78 is 10.1. The van der Waals surface area contributed by atoms with Crippen molar-refractivity contribution >= 4 is 46.3 Å². The first kappa shape index (κ1) is 32.8. The Kier molecular flexibility index (Phi) is 13.0. The Bertz CT molecular complexity index is 1260. The first-order chi connectivity index (χ1) is 20.3. The lowest BCUT2D eigenvalue weighted by Gasteiger charge is -2.28. The molecule has 3 aromatic rings. The number of esters is 2. The van der Waals surface area contributed by atoms with Gasteiger partial charge in [-0.2, -0.15) is 0 Å². The normalized spacial score (nSPS) is 15.8. The van der Waals surface area contributed by atoms with Crippen LogP contribution >= 0.6 is 6.89 Å². The fraction of sp³-hybridized carbons (Fsp3) is 0.333. The van der Waals surface area contributed by atoms with Gasteiger partial charge in [0.25, 0.3) is 0 Å². The molecule has 3 aromatic carbocycles. The van der Waals surface area contributed by atoms with Crippen molar-refractivity contribution in [3.8, 4) is 0 Å². The zero-order chi connectivity index (χ0) is 30.4. The molecule has 2 fully saturated rings. The number of ketones is 1. The largest absolute Gasteiger partial charge is 0.463 e. The van der Waals surface area contributed by atoms with Crippen molar-refractivity contribution in [1.29, 1.82) is 0 Å². The van der Waals surface area contributed by atoms with Crippen LogP contribution in [0, 0.1) is 11.8 Å². The summed E-state index contributed by atoms with van der Waals surface area (Å²) in [5, 5.41) is 3.42. The molecule has 2 aliphatic carbocycles. The van der Waals surface area contributed by atoms with Crippen molar-refractivity contribution in [2.24, 2.45) is 11.8 Å². The quantitative estimate of drug-likeness (QED) is 0.186. The summed E-state index contributed by atoms with van der Waals surface area (Å²) in [4.78, 5) is 33.5. The van der Waals surface area contributed by atoms with E-state index in [1.807, 2.05) is 68.4 Å². The van der Waals surface area contributed by atoms with Crippen LogP contribution < -0.4 is 15.9 Å². The second-order valence-corrected chi connectivity index (χ2v) is 14.0. The first-order valence-electron chi connectivity index (χ1n) is 14.7. The van der Waals surface area contributed by atoms with Crippen LogP contribution in [0.25, 0.3) is 0 Å². The monoisotopic (exact) mass is 586 g/mol. The lowest BCUT2D eigenvalue weighted by Crippen LogP contribution is -2.29. The molecular weight excluding hydrogens is 543 g/mol. The summed E-state index contributed by atoms with van der Waals surface area (Å²) in [5.41, 5.74) is 1.23. The van der Waals surface area contributed by atoms with Gasteiger partial charge in [-0.05, 0) is 61.3 Å². The average Bonchev–Trinajstić information content (AvgIpc) is 2.97. The van der Waals surface area contributed by atoms with Crippen LogP contribution in [0.3, 0.4) is 0 Å². The highest BCUT2D eigenvalue weighted by Crippen LogP contribution is 2.43. The SMILES string of the molecule is CC1CC(=O)C1.CCOC(=O)C=C1CC(C)C1.CCOC(=O)C=P(c1ccccc1)(c1ccccc1)c1ccccc1. The topological polar surface area (TPSA) is 69.7 Å². The van der Waals surface area contributed by atoms with E-state index in [1.54, 1.807) is 11.9 Å². The fourth-order valence-corrected chi connectivity index (χ4v) is 8.68. The molecule has 2 saturated carbocycles. The van der Waals surface area contributed by atoms with Gasteiger partial charge in [-0.1, -0.05) is 110 Å². The molecule has 0 radical (unpaired) electrons. The van der Waals surface area contributed by atoms with E-state index in [2.05, 4.69) is 50.2 Å². The van der Waals surface area contributed by atoms with E-state index in [-0.39, 0.29) is 11.9 Å². The van der Waals surface area contributed by atoms with E-state index in [1.165, 1.54) is 5.57 Å². The number of carbonyl (C=O) groups is 3. The van der Waals surface area contributed by atoms with Crippen molar-refractivity contribution < 1.29 is 23.9 Å². The molecule has 0 spiro atoms. The molecule has 5 rings (SSSR count). The minimum atomic E-state index is -2.24. The lowest BCUT2D eigenvalue weighted by molar-refractivity contribution is -0.137. The van der Waals surface area contributed by atoms with E-state index in [0.29, 0.717) is 24.9 Å². The lowest BCUT2D eigenvalue weighted by atomic mass is 9.81. The summed E-state index contributed by atoms with van der Waals surface area (Å²) >= 11 is 0. The molecule has 222 valence electrons. The molecule has 5 nitrogen and oxygen atoms in total. The first-order valence-corrected chi connectivity index (χ1v) is 16.6. The van der Waals surface area contributed by atoms with Crippen molar-refractivity contribution in [2.45, 2.75) is 53.4 Å². The van der Waals surface area contributed by atoms with Crippen molar-refractivity contribution in [2.75, 3.05) is 13.2 Å². The zero-order valence-corrected chi connectivity index (χ0v) is 26.1. The Hall–Kier alpha value is -3.69. The molecule has 6 heteroatoms. The van der Waals surface area contributed by atoms with E-state index in [0.717, 1.165) is 47.5 Å². The minimum Gasteiger partial charge on any atom is -0.463 e. The molecule has 0 saturated heterocycles. The van der Waals surface area contributed by atoms with Gasteiger partial charge in [0.2, 0.25) is 0 Å². The number of rotatable bonds is 7. The van der Waals surface area contributed by atoms with Gasteiger partial charge in [-0.3, -0.25) is 4.79 Å². The molecule has 0 N–H and O–H groups in total. The standard InChI is InChI=1S/C22H21O2P.C9H14O2.C5H8O/c1-2-24-22(23)18-25(19-12-6-3-7-13-19,20-14-8-4-9-15-20)21-16-10-5-11-17-21;1-3-11-9(10)6-8-4-7(2)5-8;1-4-2-5(6)3-4/h3-18H,2H2,1H3;6-7H,3-5H2,1-2H3;4H,2-3H2,1H3. The Labute approximate surface area is 250 Å². The smallest absolute Gasteiger partial charge is 0.331 e. The van der Waals surface area contributed by atoms with Gasteiger partial charge in [0.1, 0.15) is 5.78 Å². The van der Waals surface area contributed by atoms with Crippen LogP contribution in [0.4, 0.5) is 0 Å². The van der Waals surface area contributed by atoms with Gasteiger partial charge in [-0.15, -0.1) is 0 Å². The van der Waals surface area contributed by atoms with Gasteiger partial charge in [0.05, 0.1) is 13.2 Å². The predicted octanol–water partition coefficient (Wildman–Crippen LogP) is 6.24. The number of benzene rings is 3. The maximum atomic E-state index is 12.5. The molecule has 0 amide bonds. The van der Waals surface area contributed by atoms with Gasteiger partial charge in [-0.25, -0.2) is 9.59 Å². The second-order valence-electron chi connectivity index (χ2n) is 10.7. The summed E-state index contributed by atoms with van der Waals surface area (Å²) in [6, 6.07) is 30.7. The van der Waals surface area contributed by atoms with Crippen LogP contribution in [-0.2, 0) is 23.9 Å². The maximum Gasteiger partial charge on any atom is 0.331 e. The van der Waals surface area contributed by atoms with Crippen LogP contribution in [0.2, 0.25) is 0 Å². The molecule has 0 heterocycles. The highest BCUT2D eigenvalue weighted by molar-refractivity contribution is 7.95. The van der Waals surface area contributed by atoms with E-state index in [4.69, 9.17) is 9.47 Å². The third-order valence-corrected chi connectivity index (χ3v) is 11.0. The second kappa shape index (κ2) is 16.7. The van der Waals surface area contributed by atoms with Gasteiger partial charge < -0.3 is 9.47 Å². The Morgan fingerprint density at radius 1 is 0.667 bits per heavy atom. The van der Waals surface area contributed by atoms with E-state index < -0.39 is 6.89 Å². The number of hydrogen-bond donors (Lipinski definition) is 0. The molecule has 0 unspecified atom stereocenters. The van der Waals surface area contributed by atoms with Gasteiger partial charge in [0, 0.05) is 24.7 Å². The summed E-state index contributed by atoms with van der Waals surface area (Å²) in [6.07, 6.45) is 5.43. The Balaban J connectivity index is 0.000000232. The number of hydrogen-bond acceptors (Lipinski definition) is 5. The summed E-state index contributed by atoms with van der Waals surface area (Å²) in [6.45, 7) is 6.53. The molecule has 0 bridgehead atoms. The number of allylic oxidation sites excluding steroid dienone is 1. The molecule has 0 aliphatic heterocycles. The Morgan fingerprint density at radius 2 is 1.05 bits per heavy atom. The van der Waals surface area contributed by atoms with Crippen LogP contribution in [0.5, 0.6) is 0 Å². The average molecular weight is 587 g/mol. The summed E-state index contributed by atoms with van der Waals surface area (Å²) in [5.74, 6) is 3.23. The molecular formula is C36H43O5P. The maximum absolute atomic E-state index is 12.5. The Morgan fingerprint density at radius 3 is 1.36 bits per heavy atom. The molecule has 2 aliphatic rings. The predicted molar refractivity (Wildman–Crippen MR) is 174 cm³/mol. The van der Waals surface area contributed by atoms with E-state index in [9.17, 15) is 14.4 Å². The summed E-state index contributed by atoms with van der Waals surface area (Å²) in [7, 11) is 0. The van der Waals surface area contributed by atoms with Gasteiger partial charge >= 0.3 is 11.9 Å². The third kappa shape index (κ3) is 9.42. The van der Waals surface area contributed by atoms with Crippen molar-refractivity contribution in [3.63, 3.8) is 0 Å². The molecule has 0 atom stereocenters. The fourth-order valence-electron chi connectivity index (χ4n) is 5.02. The number of carbonyl (C=O) groups excluding carboxylic acids is 3. The highest BCUT2D eigenvalue weighted by Gasteiger charge is 2.26. The van der Waals surface area contributed by atoms with Crippen molar-refractivity contribution in [1.82, 2.24) is 0 Å². The zero-order valence-electron chi connectivity index (χ0n) is 25.2. The van der Waals surface area contributed by atoms with Crippen molar-refractivity contribution in [3.05, 3.63) is 103 Å².